The van der Waals surface area contributed by atoms with Crippen LogP contribution in [0, 0.1) is 0 Å². The summed E-state index contributed by atoms with van der Waals surface area (Å²) in [5.41, 5.74) is 1.65. The normalized spacial score (nSPS) is 15.2. The summed E-state index contributed by atoms with van der Waals surface area (Å²) in [5, 5.41) is 0. The highest BCUT2D eigenvalue weighted by atomic mass is 32.2. The van der Waals surface area contributed by atoms with Gasteiger partial charge in [-0.1, -0.05) is 38.8 Å². The molecule has 0 saturated carbocycles. The Bertz CT molecular complexity index is 561. The molecule has 140 valence electrons. The first kappa shape index (κ1) is 20.0. The van der Waals surface area contributed by atoms with Crippen molar-refractivity contribution in [3.63, 3.8) is 0 Å². The van der Waals surface area contributed by atoms with Crippen LogP contribution in [0.25, 0.3) is 4.91 Å². The quantitative estimate of drug-likeness (QED) is 0.547. The van der Waals surface area contributed by atoms with Crippen LogP contribution in [0.15, 0.2) is 30.0 Å². The number of rotatable bonds is 8. The van der Waals surface area contributed by atoms with Gasteiger partial charge in [0, 0.05) is 24.5 Å². The van der Waals surface area contributed by atoms with E-state index in [1.807, 2.05) is 12.1 Å². The molecule has 25 heavy (non-hydrogen) atoms. The number of halogens is 3. The minimum atomic E-state index is -4.45. The predicted molar refractivity (Wildman–Crippen MR) is 99.9 cm³/mol. The van der Waals surface area contributed by atoms with E-state index in [1.54, 1.807) is 12.1 Å². The van der Waals surface area contributed by atoms with Gasteiger partial charge in [0.25, 0.3) is 0 Å². The molecule has 1 aromatic carbocycles. The molecule has 1 aliphatic rings. The molecule has 1 aromatic rings. The molecule has 1 aliphatic heterocycles. The van der Waals surface area contributed by atoms with Gasteiger partial charge in [-0.05, 0) is 30.5 Å². The monoisotopic (exact) mass is 373 g/mol. The average Bonchev–Trinajstić information content (AvgIpc) is 2.61. The van der Waals surface area contributed by atoms with E-state index in [9.17, 15) is 13.2 Å². The molecule has 0 aromatic heterocycles. The summed E-state index contributed by atoms with van der Waals surface area (Å²) < 4.78 is 44.4. The van der Waals surface area contributed by atoms with Crippen LogP contribution in [-0.2, 0) is 4.74 Å². The van der Waals surface area contributed by atoms with Gasteiger partial charge < -0.3 is 9.64 Å². The van der Waals surface area contributed by atoms with Crippen molar-refractivity contribution in [2.45, 2.75) is 45.7 Å². The molecule has 0 saturated heterocycles. The predicted octanol–water partition coefficient (Wildman–Crippen LogP) is 6.09. The van der Waals surface area contributed by atoms with E-state index in [1.165, 1.54) is 11.8 Å². The number of hydrogen-bond acceptors (Lipinski definition) is 3. The zero-order chi connectivity index (χ0) is 18.3. The number of unbranched alkanes of at least 4 members (excludes halogenated alkanes) is 2. The highest BCUT2D eigenvalue weighted by Crippen LogP contribution is 2.42. The van der Waals surface area contributed by atoms with Gasteiger partial charge in [0.05, 0.1) is 11.5 Å². The van der Waals surface area contributed by atoms with Crippen LogP contribution >= 0.6 is 11.8 Å². The molecule has 0 bridgehead atoms. The Balaban J connectivity index is 2.23. The molecule has 6 heteroatoms. The second kappa shape index (κ2) is 9.41. The van der Waals surface area contributed by atoms with Crippen LogP contribution in [0.2, 0.25) is 0 Å². The van der Waals surface area contributed by atoms with Crippen LogP contribution in [0.5, 0.6) is 0 Å². The lowest BCUT2D eigenvalue weighted by Gasteiger charge is -2.26. The Labute approximate surface area is 152 Å². The summed E-state index contributed by atoms with van der Waals surface area (Å²) in [6.07, 6.45) is 0.0137. The Morgan fingerprint density at radius 2 is 1.64 bits per heavy atom. The minimum Gasteiger partial charge on any atom is -0.487 e. The molecular weight excluding hydrogens is 347 g/mol. The molecule has 0 atom stereocenters. The van der Waals surface area contributed by atoms with E-state index in [2.05, 4.69) is 18.7 Å². The standard InChI is InChI=1S/C19H26F3NOS/c1-3-5-11-23(12-6-4-2)16-9-7-15(8-10-16)17-18(19(20,21)22)24-13-14-25-17/h7-10H,3-6,11-14H2,1-2H3. The molecule has 0 spiro atoms. The van der Waals surface area contributed by atoms with Crippen LogP contribution in [0.4, 0.5) is 18.9 Å². The zero-order valence-electron chi connectivity index (χ0n) is 14.9. The Morgan fingerprint density at radius 3 is 2.16 bits per heavy atom. The number of allylic oxidation sites excluding steroid dienone is 1. The highest BCUT2D eigenvalue weighted by molar-refractivity contribution is 8.08. The van der Waals surface area contributed by atoms with Crippen molar-refractivity contribution < 1.29 is 17.9 Å². The maximum Gasteiger partial charge on any atom is 0.450 e. The van der Waals surface area contributed by atoms with E-state index >= 15 is 0 Å². The van der Waals surface area contributed by atoms with Crippen LogP contribution in [0.3, 0.4) is 0 Å². The molecule has 0 fully saturated rings. The Kier molecular flexibility index (Phi) is 7.54. The number of nitrogens with zero attached hydrogens (tertiary/aromatic N) is 1. The molecule has 2 rings (SSSR count). The lowest BCUT2D eigenvalue weighted by Crippen LogP contribution is -2.25. The largest absolute Gasteiger partial charge is 0.487 e. The molecule has 0 aliphatic carbocycles. The first-order valence-electron chi connectivity index (χ1n) is 8.89. The SMILES string of the molecule is CCCCN(CCCC)c1ccc(C2=C(C(F)(F)F)OCCS2)cc1. The van der Waals surface area contributed by atoms with Crippen LogP contribution in [-0.4, -0.2) is 31.6 Å². The summed E-state index contributed by atoms with van der Waals surface area (Å²) in [5.74, 6) is -0.319. The molecule has 0 amide bonds. The Morgan fingerprint density at radius 1 is 1.04 bits per heavy atom. The summed E-state index contributed by atoms with van der Waals surface area (Å²) in [7, 11) is 0. The van der Waals surface area contributed by atoms with E-state index in [4.69, 9.17) is 4.74 Å². The summed E-state index contributed by atoms with van der Waals surface area (Å²) in [6.45, 7) is 6.37. The van der Waals surface area contributed by atoms with Gasteiger partial charge in [0.15, 0.2) is 0 Å². The number of ether oxygens (including phenoxy) is 1. The molecule has 1 heterocycles. The van der Waals surface area contributed by atoms with Crippen molar-refractivity contribution in [3.05, 3.63) is 35.6 Å². The second-order valence-corrected chi connectivity index (χ2v) is 7.20. The topological polar surface area (TPSA) is 12.5 Å². The summed E-state index contributed by atoms with van der Waals surface area (Å²) >= 11 is 1.21. The van der Waals surface area contributed by atoms with Gasteiger partial charge in [-0.15, -0.1) is 11.8 Å². The van der Waals surface area contributed by atoms with Crippen molar-refractivity contribution in [2.24, 2.45) is 0 Å². The fourth-order valence-electron chi connectivity index (χ4n) is 2.74. The third-order valence-corrected chi connectivity index (χ3v) is 5.18. The highest BCUT2D eigenvalue weighted by Gasteiger charge is 2.40. The van der Waals surface area contributed by atoms with Gasteiger partial charge in [-0.25, -0.2) is 0 Å². The van der Waals surface area contributed by atoms with Gasteiger partial charge in [-0.3, -0.25) is 0 Å². The molecule has 0 N–H and O–H groups in total. The van der Waals surface area contributed by atoms with Crippen LogP contribution in [0.1, 0.15) is 45.1 Å². The molecule has 2 nitrogen and oxygen atoms in total. The maximum absolute atomic E-state index is 13.2. The lowest BCUT2D eigenvalue weighted by atomic mass is 10.1. The van der Waals surface area contributed by atoms with Crippen molar-refractivity contribution in [1.29, 1.82) is 0 Å². The van der Waals surface area contributed by atoms with Crippen LogP contribution < -0.4 is 4.90 Å². The number of hydrogen-bond donors (Lipinski definition) is 0. The van der Waals surface area contributed by atoms with Gasteiger partial charge in [-0.2, -0.15) is 13.2 Å². The van der Waals surface area contributed by atoms with Gasteiger partial charge in [0.1, 0.15) is 0 Å². The zero-order valence-corrected chi connectivity index (χ0v) is 15.7. The lowest BCUT2D eigenvalue weighted by molar-refractivity contribution is -0.128. The summed E-state index contributed by atoms with van der Waals surface area (Å²) in [6, 6.07) is 7.42. The first-order valence-corrected chi connectivity index (χ1v) is 9.88. The molecule has 0 unspecified atom stereocenters. The van der Waals surface area contributed by atoms with Gasteiger partial charge in [0.2, 0.25) is 5.76 Å². The van der Waals surface area contributed by atoms with E-state index < -0.39 is 11.9 Å². The van der Waals surface area contributed by atoms with Crippen molar-refractivity contribution in [2.75, 3.05) is 30.3 Å². The smallest absolute Gasteiger partial charge is 0.450 e. The van der Waals surface area contributed by atoms with Crippen molar-refractivity contribution >= 4 is 22.4 Å². The number of benzene rings is 1. The Hall–Kier alpha value is -1.30. The summed E-state index contributed by atoms with van der Waals surface area (Å²) in [4.78, 5) is 2.51. The second-order valence-electron chi connectivity index (χ2n) is 6.09. The number of anilines is 1. The third kappa shape index (κ3) is 5.59. The fourth-order valence-corrected chi connectivity index (χ4v) is 3.71. The minimum absolute atomic E-state index is 0.100. The van der Waals surface area contributed by atoms with Crippen molar-refractivity contribution in [3.8, 4) is 0 Å². The fraction of sp³-hybridized carbons (Fsp3) is 0.579. The van der Waals surface area contributed by atoms with Crippen molar-refractivity contribution in [1.82, 2.24) is 0 Å². The number of thioether (sulfide) groups is 1. The first-order chi connectivity index (χ1) is 12.0. The molecule has 0 radical (unpaired) electrons. The van der Waals surface area contributed by atoms with Gasteiger partial charge >= 0.3 is 6.18 Å². The van der Waals surface area contributed by atoms with E-state index in [0.29, 0.717) is 11.3 Å². The molecular formula is C19H26F3NOS. The average molecular weight is 373 g/mol. The number of alkyl halides is 3. The van der Waals surface area contributed by atoms with E-state index in [0.717, 1.165) is 44.5 Å². The maximum atomic E-state index is 13.2. The van der Waals surface area contributed by atoms with E-state index in [-0.39, 0.29) is 11.5 Å². The third-order valence-electron chi connectivity index (χ3n) is 4.10.